The first kappa shape index (κ1) is 36.0. The van der Waals surface area contributed by atoms with Crippen LogP contribution in [0.25, 0.3) is 80.7 Å². The Labute approximate surface area is 360 Å². The van der Waals surface area contributed by atoms with Gasteiger partial charge in [0.1, 0.15) is 0 Å². The fourth-order valence-corrected chi connectivity index (χ4v) is 11.6. The number of hydrogen-bond donors (Lipinski definition) is 0. The lowest BCUT2D eigenvalue weighted by Gasteiger charge is -2.29. The topological polar surface area (TPSA) is 8.17 Å². The van der Waals surface area contributed by atoms with Gasteiger partial charge in [-0.15, -0.1) is 11.3 Å². The highest BCUT2D eigenvalue weighted by molar-refractivity contribution is 7.25. The SMILES string of the molecule is c1ccc(-n2c3ccccc3c3ccc(N(c4ccc(-c5cccc6sc7ccccc7c56)cc4)c4ccccc4-c4cccc5cccc(C6CCCCC6)c45)cc32)cc1. The number of anilines is 3. The van der Waals surface area contributed by atoms with E-state index < -0.39 is 0 Å². The summed E-state index contributed by atoms with van der Waals surface area (Å²) in [5, 5.41) is 7.87. The molecule has 2 aromatic heterocycles. The molecule has 292 valence electrons. The van der Waals surface area contributed by atoms with Gasteiger partial charge in [-0.3, -0.25) is 0 Å². The molecule has 1 fully saturated rings. The van der Waals surface area contributed by atoms with Crippen molar-refractivity contribution < 1.29 is 0 Å². The van der Waals surface area contributed by atoms with E-state index in [1.165, 1.54) is 113 Å². The lowest BCUT2D eigenvalue weighted by Crippen LogP contribution is -2.12. The van der Waals surface area contributed by atoms with E-state index in [-0.39, 0.29) is 0 Å². The number of benzene rings is 9. The summed E-state index contributed by atoms with van der Waals surface area (Å²) < 4.78 is 5.07. The van der Waals surface area contributed by atoms with Crippen LogP contribution in [0.4, 0.5) is 17.1 Å². The standard InChI is InChI=1S/C58H44N2S/c1-3-16-39(17-4-1)45-25-13-18-41-19-14-27-50(57(41)45)48-23-8-10-28-52(48)59(43-34-32-40(33-35-43)46-26-15-31-56-58(46)51-24-9-12-30-55(51)61-56)44-36-37-49-47-22-7-11-29-53(47)60(54(49)38-44)42-20-5-2-6-21-42/h2,5-15,18-39H,1,3-4,16-17H2. The zero-order valence-electron chi connectivity index (χ0n) is 34.0. The van der Waals surface area contributed by atoms with E-state index >= 15 is 0 Å². The number of nitrogens with zero attached hydrogens (tertiary/aromatic N) is 2. The van der Waals surface area contributed by atoms with Crippen molar-refractivity contribution in [3.63, 3.8) is 0 Å². The van der Waals surface area contributed by atoms with Crippen LogP contribution in [-0.2, 0) is 0 Å². The highest BCUT2D eigenvalue weighted by Crippen LogP contribution is 2.48. The molecular weight excluding hydrogens is 757 g/mol. The highest BCUT2D eigenvalue weighted by atomic mass is 32.1. The molecule has 0 saturated heterocycles. The highest BCUT2D eigenvalue weighted by Gasteiger charge is 2.24. The smallest absolute Gasteiger partial charge is 0.0561 e. The molecule has 2 nitrogen and oxygen atoms in total. The molecule has 0 aliphatic heterocycles. The summed E-state index contributed by atoms with van der Waals surface area (Å²) in [7, 11) is 0. The van der Waals surface area contributed by atoms with E-state index in [0.29, 0.717) is 5.92 Å². The Balaban J connectivity index is 1.09. The Morgan fingerprint density at radius 2 is 1.10 bits per heavy atom. The predicted octanol–water partition coefficient (Wildman–Crippen LogP) is 17.2. The zero-order chi connectivity index (χ0) is 40.3. The molecule has 0 unspecified atom stereocenters. The molecule has 0 spiro atoms. The van der Waals surface area contributed by atoms with Gasteiger partial charge in [-0.25, -0.2) is 0 Å². The van der Waals surface area contributed by atoms with E-state index in [1.807, 2.05) is 11.3 Å². The van der Waals surface area contributed by atoms with Crippen LogP contribution in [0, 0.1) is 0 Å². The molecule has 61 heavy (non-hydrogen) atoms. The molecule has 0 radical (unpaired) electrons. The van der Waals surface area contributed by atoms with Gasteiger partial charge in [0.2, 0.25) is 0 Å². The van der Waals surface area contributed by atoms with Crippen molar-refractivity contribution >= 4 is 81.1 Å². The van der Waals surface area contributed by atoms with E-state index in [1.54, 1.807) is 0 Å². The Morgan fingerprint density at radius 1 is 0.443 bits per heavy atom. The van der Waals surface area contributed by atoms with Gasteiger partial charge in [0.25, 0.3) is 0 Å². The maximum atomic E-state index is 2.49. The van der Waals surface area contributed by atoms with Crippen molar-refractivity contribution in [1.82, 2.24) is 4.57 Å². The van der Waals surface area contributed by atoms with Gasteiger partial charge in [-0.2, -0.15) is 0 Å². The number of aromatic nitrogens is 1. The fourth-order valence-electron chi connectivity index (χ4n) is 10.4. The third-order valence-electron chi connectivity index (χ3n) is 13.2. The lowest BCUT2D eigenvalue weighted by atomic mass is 9.80. The van der Waals surface area contributed by atoms with Crippen LogP contribution in [0.5, 0.6) is 0 Å². The molecule has 2 heterocycles. The number of rotatable bonds is 7. The number of fused-ring (bicyclic) bond motifs is 7. The van der Waals surface area contributed by atoms with Gasteiger partial charge in [0.15, 0.2) is 0 Å². The van der Waals surface area contributed by atoms with Crippen LogP contribution in [0.3, 0.4) is 0 Å². The normalized spacial score (nSPS) is 13.5. The van der Waals surface area contributed by atoms with E-state index in [0.717, 1.165) is 22.7 Å². The molecule has 0 amide bonds. The monoisotopic (exact) mass is 800 g/mol. The predicted molar refractivity (Wildman–Crippen MR) is 263 cm³/mol. The Bertz CT molecular complexity index is 3400. The molecule has 12 rings (SSSR count). The van der Waals surface area contributed by atoms with Gasteiger partial charge in [0.05, 0.1) is 16.7 Å². The summed E-state index contributed by atoms with van der Waals surface area (Å²) in [6.45, 7) is 0. The second kappa shape index (κ2) is 15.0. The second-order valence-corrected chi connectivity index (χ2v) is 17.7. The molecule has 11 aromatic rings. The summed E-state index contributed by atoms with van der Waals surface area (Å²) in [4.78, 5) is 2.49. The minimum atomic E-state index is 0.585. The van der Waals surface area contributed by atoms with E-state index in [4.69, 9.17) is 0 Å². The summed E-state index contributed by atoms with van der Waals surface area (Å²) in [6.07, 6.45) is 6.48. The summed E-state index contributed by atoms with van der Waals surface area (Å²) in [5.74, 6) is 0.585. The zero-order valence-corrected chi connectivity index (χ0v) is 34.8. The average molecular weight is 801 g/mol. The molecule has 1 aliphatic rings. The molecule has 3 heteroatoms. The first-order chi connectivity index (χ1) is 30.3. The minimum Gasteiger partial charge on any atom is -0.310 e. The van der Waals surface area contributed by atoms with Crippen LogP contribution in [-0.4, -0.2) is 4.57 Å². The summed E-state index contributed by atoms with van der Waals surface area (Å²) >= 11 is 1.87. The molecule has 1 aliphatic carbocycles. The van der Waals surface area contributed by atoms with Crippen LogP contribution in [0.15, 0.2) is 200 Å². The molecule has 0 atom stereocenters. The summed E-state index contributed by atoms with van der Waals surface area (Å²) in [5.41, 5.74) is 13.5. The molecular formula is C58H44N2S. The lowest BCUT2D eigenvalue weighted by molar-refractivity contribution is 0.445. The average Bonchev–Trinajstić information content (AvgIpc) is 3.88. The molecule has 9 aromatic carbocycles. The second-order valence-electron chi connectivity index (χ2n) is 16.7. The van der Waals surface area contributed by atoms with Crippen molar-refractivity contribution in [3.8, 4) is 27.9 Å². The molecule has 0 N–H and O–H groups in total. The quantitative estimate of drug-likeness (QED) is 0.156. The minimum absolute atomic E-state index is 0.585. The Morgan fingerprint density at radius 3 is 1.97 bits per heavy atom. The van der Waals surface area contributed by atoms with Gasteiger partial charge in [-0.1, -0.05) is 159 Å². The molecule has 1 saturated carbocycles. The van der Waals surface area contributed by atoms with Gasteiger partial charge in [-0.05, 0) is 112 Å². The number of thiophene rings is 1. The maximum absolute atomic E-state index is 2.49. The third kappa shape index (κ3) is 6.06. The van der Waals surface area contributed by atoms with E-state index in [9.17, 15) is 0 Å². The van der Waals surface area contributed by atoms with Crippen molar-refractivity contribution in [2.75, 3.05) is 4.90 Å². The van der Waals surface area contributed by atoms with Crippen LogP contribution >= 0.6 is 11.3 Å². The van der Waals surface area contributed by atoms with Crippen LogP contribution < -0.4 is 4.90 Å². The number of para-hydroxylation sites is 3. The van der Waals surface area contributed by atoms with Crippen molar-refractivity contribution in [2.24, 2.45) is 0 Å². The van der Waals surface area contributed by atoms with Gasteiger partial charge >= 0.3 is 0 Å². The Kier molecular flexibility index (Phi) is 8.82. The summed E-state index contributed by atoms with van der Waals surface area (Å²) in [6, 6.07) is 74.5. The molecule has 0 bridgehead atoms. The van der Waals surface area contributed by atoms with Crippen LogP contribution in [0.1, 0.15) is 43.6 Å². The van der Waals surface area contributed by atoms with Crippen molar-refractivity contribution in [1.29, 1.82) is 0 Å². The fraction of sp³-hybridized carbons (Fsp3) is 0.103. The Hall–Kier alpha value is -6.94. The number of hydrogen-bond acceptors (Lipinski definition) is 2. The third-order valence-corrected chi connectivity index (χ3v) is 14.3. The maximum Gasteiger partial charge on any atom is 0.0561 e. The van der Waals surface area contributed by atoms with E-state index in [2.05, 4.69) is 210 Å². The van der Waals surface area contributed by atoms with Crippen LogP contribution in [0.2, 0.25) is 0 Å². The van der Waals surface area contributed by atoms with Gasteiger partial charge < -0.3 is 9.47 Å². The van der Waals surface area contributed by atoms with Crippen molar-refractivity contribution in [2.45, 2.75) is 38.0 Å². The first-order valence-electron chi connectivity index (χ1n) is 21.8. The van der Waals surface area contributed by atoms with Crippen molar-refractivity contribution in [3.05, 3.63) is 206 Å². The first-order valence-corrected chi connectivity index (χ1v) is 22.6. The van der Waals surface area contributed by atoms with Gasteiger partial charge in [0, 0.05) is 53.6 Å². The largest absolute Gasteiger partial charge is 0.310 e.